The minimum Gasteiger partial charge on any atom is -0.467 e. The quantitative estimate of drug-likeness (QED) is 0.733. The molecule has 2 aromatic heterocycles. The Kier molecular flexibility index (Phi) is 3.51. The van der Waals surface area contributed by atoms with Crippen LogP contribution in [-0.4, -0.2) is 10.9 Å². The van der Waals surface area contributed by atoms with Gasteiger partial charge in [0.2, 0.25) is 5.91 Å². The predicted molar refractivity (Wildman–Crippen MR) is 84.7 cm³/mol. The second-order valence-corrected chi connectivity index (χ2v) is 6.09. The van der Waals surface area contributed by atoms with E-state index in [0.717, 1.165) is 16.0 Å². The van der Waals surface area contributed by atoms with Gasteiger partial charge in [-0.25, -0.2) is 4.98 Å². The summed E-state index contributed by atoms with van der Waals surface area (Å²) in [5.41, 5.74) is 3.38. The Morgan fingerprint density at radius 3 is 2.76 bits per heavy atom. The summed E-state index contributed by atoms with van der Waals surface area (Å²) in [6.07, 6.45) is 1.61. The monoisotopic (exact) mass is 300 g/mol. The maximum absolute atomic E-state index is 11.9. The van der Waals surface area contributed by atoms with Gasteiger partial charge in [-0.3, -0.25) is 9.69 Å². The number of furan rings is 1. The van der Waals surface area contributed by atoms with Gasteiger partial charge in [-0.15, -0.1) is 0 Å². The van der Waals surface area contributed by atoms with Crippen LogP contribution in [0.5, 0.6) is 0 Å². The molecule has 1 amide bonds. The Morgan fingerprint density at radius 1 is 1.33 bits per heavy atom. The van der Waals surface area contributed by atoms with Crippen LogP contribution in [0.1, 0.15) is 23.8 Å². The normalized spacial score (nSPS) is 11.0. The number of carbonyl (C=O) groups is 1. The lowest BCUT2D eigenvalue weighted by molar-refractivity contribution is -0.116. The van der Waals surface area contributed by atoms with Crippen LogP contribution < -0.4 is 4.90 Å². The van der Waals surface area contributed by atoms with Crippen LogP contribution in [0, 0.1) is 13.8 Å². The Balaban J connectivity index is 2.01. The maximum Gasteiger partial charge on any atom is 0.226 e. The molecule has 4 nitrogen and oxygen atoms in total. The molecule has 0 saturated carbocycles. The molecule has 21 heavy (non-hydrogen) atoms. The van der Waals surface area contributed by atoms with Crippen LogP contribution in [0.3, 0.4) is 0 Å². The second kappa shape index (κ2) is 5.33. The summed E-state index contributed by atoms with van der Waals surface area (Å²) < 4.78 is 6.43. The second-order valence-electron chi connectivity index (χ2n) is 5.09. The molecule has 0 spiro atoms. The van der Waals surface area contributed by atoms with Gasteiger partial charge < -0.3 is 4.42 Å². The van der Waals surface area contributed by atoms with E-state index in [9.17, 15) is 4.79 Å². The fourth-order valence-corrected chi connectivity index (χ4v) is 3.24. The van der Waals surface area contributed by atoms with Crippen molar-refractivity contribution in [2.24, 2.45) is 0 Å². The average molecular weight is 300 g/mol. The van der Waals surface area contributed by atoms with Gasteiger partial charge in [0.05, 0.1) is 23.0 Å². The van der Waals surface area contributed by atoms with Gasteiger partial charge in [0.15, 0.2) is 5.13 Å². The molecule has 0 saturated heterocycles. The number of rotatable bonds is 3. The minimum absolute atomic E-state index is 0.0427. The highest BCUT2D eigenvalue weighted by Gasteiger charge is 2.18. The molecule has 0 N–H and O–H groups in total. The van der Waals surface area contributed by atoms with Crippen LogP contribution in [0.25, 0.3) is 10.2 Å². The highest BCUT2D eigenvalue weighted by Crippen LogP contribution is 2.31. The fraction of sp³-hybridized carbons (Fsp3) is 0.250. The highest BCUT2D eigenvalue weighted by atomic mass is 32.1. The molecule has 0 fully saturated rings. The highest BCUT2D eigenvalue weighted by molar-refractivity contribution is 7.22. The number of benzene rings is 1. The topological polar surface area (TPSA) is 46.3 Å². The predicted octanol–water partition coefficient (Wildman–Crippen LogP) is 4.06. The number of aryl methyl sites for hydroxylation is 2. The van der Waals surface area contributed by atoms with E-state index < -0.39 is 0 Å². The van der Waals surface area contributed by atoms with Gasteiger partial charge in [0.25, 0.3) is 0 Å². The van der Waals surface area contributed by atoms with Crippen LogP contribution in [-0.2, 0) is 11.3 Å². The van der Waals surface area contributed by atoms with Gasteiger partial charge >= 0.3 is 0 Å². The zero-order valence-electron chi connectivity index (χ0n) is 12.2. The lowest BCUT2D eigenvalue weighted by Gasteiger charge is -2.15. The van der Waals surface area contributed by atoms with Crippen LogP contribution in [0.15, 0.2) is 34.9 Å². The Labute approximate surface area is 127 Å². The zero-order valence-corrected chi connectivity index (χ0v) is 13.0. The smallest absolute Gasteiger partial charge is 0.226 e. The molecule has 1 aromatic carbocycles. The molecule has 3 rings (SSSR count). The first kappa shape index (κ1) is 13.8. The van der Waals surface area contributed by atoms with Gasteiger partial charge in [-0.05, 0) is 49.2 Å². The fourth-order valence-electron chi connectivity index (χ4n) is 2.16. The van der Waals surface area contributed by atoms with Gasteiger partial charge in [-0.2, -0.15) is 0 Å². The lowest BCUT2D eigenvalue weighted by Crippen LogP contribution is -2.27. The van der Waals surface area contributed by atoms with Crippen molar-refractivity contribution in [1.29, 1.82) is 0 Å². The molecular weight excluding hydrogens is 284 g/mol. The van der Waals surface area contributed by atoms with E-state index in [1.165, 1.54) is 22.5 Å². The molecule has 0 radical (unpaired) electrons. The van der Waals surface area contributed by atoms with E-state index in [1.54, 1.807) is 18.1 Å². The van der Waals surface area contributed by atoms with E-state index >= 15 is 0 Å². The molecule has 2 heterocycles. The number of amides is 1. The molecule has 5 heteroatoms. The Hall–Kier alpha value is -2.14. The van der Waals surface area contributed by atoms with E-state index in [1.807, 2.05) is 12.1 Å². The van der Waals surface area contributed by atoms with Crippen LogP contribution in [0.2, 0.25) is 0 Å². The molecule has 0 bridgehead atoms. The number of carbonyl (C=O) groups excluding carboxylic acids is 1. The van der Waals surface area contributed by atoms with Gasteiger partial charge in [0.1, 0.15) is 5.76 Å². The molecule has 0 unspecified atom stereocenters. The average Bonchev–Trinajstić information content (AvgIpc) is 3.05. The van der Waals surface area contributed by atoms with Crippen LogP contribution >= 0.6 is 11.3 Å². The largest absolute Gasteiger partial charge is 0.467 e. The molecular formula is C16H16N2O2S. The third-order valence-corrected chi connectivity index (χ3v) is 4.54. The summed E-state index contributed by atoms with van der Waals surface area (Å²) in [5.74, 6) is 0.704. The van der Waals surface area contributed by atoms with E-state index in [4.69, 9.17) is 4.42 Å². The van der Waals surface area contributed by atoms with Crippen molar-refractivity contribution in [2.75, 3.05) is 4.90 Å². The maximum atomic E-state index is 11.9. The van der Waals surface area contributed by atoms with Gasteiger partial charge in [0, 0.05) is 6.92 Å². The molecule has 0 atom stereocenters. The molecule has 0 aliphatic heterocycles. The van der Waals surface area contributed by atoms with Gasteiger partial charge in [-0.1, -0.05) is 11.3 Å². The number of aromatic nitrogens is 1. The van der Waals surface area contributed by atoms with E-state index in [0.29, 0.717) is 11.7 Å². The molecule has 3 aromatic rings. The first-order valence-electron chi connectivity index (χ1n) is 6.73. The number of hydrogen-bond donors (Lipinski definition) is 0. The van der Waals surface area contributed by atoms with Crippen LogP contribution in [0.4, 0.5) is 5.13 Å². The van der Waals surface area contributed by atoms with Crippen molar-refractivity contribution in [3.63, 3.8) is 0 Å². The molecule has 0 aliphatic rings. The summed E-state index contributed by atoms with van der Waals surface area (Å²) >= 11 is 1.53. The number of hydrogen-bond acceptors (Lipinski definition) is 4. The van der Waals surface area contributed by atoms with Crippen molar-refractivity contribution in [3.8, 4) is 0 Å². The molecule has 0 aliphatic carbocycles. The summed E-state index contributed by atoms with van der Waals surface area (Å²) in [5, 5.41) is 0.707. The first-order valence-corrected chi connectivity index (χ1v) is 7.54. The summed E-state index contributed by atoms with van der Waals surface area (Å²) in [6, 6.07) is 7.86. The van der Waals surface area contributed by atoms with Crippen molar-refractivity contribution < 1.29 is 9.21 Å². The van der Waals surface area contributed by atoms with E-state index in [-0.39, 0.29) is 5.91 Å². The third kappa shape index (κ3) is 2.69. The minimum atomic E-state index is -0.0427. The number of anilines is 1. The zero-order chi connectivity index (χ0) is 15.0. The van der Waals surface area contributed by atoms with Crippen molar-refractivity contribution >= 4 is 32.6 Å². The standard InChI is InChI=1S/C16H16N2O2S/c1-10-7-14-15(8-11(10)2)21-16(17-14)18(12(3)19)9-13-5-4-6-20-13/h4-8H,9H2,1-3H3. The van der Waals surface area contributed by atoms with Crippen molar-refractivity contribution in [2.45, 2.75) is 27.3 Å². The third-order valence-electron chi connectivity index (χ3n) is 3.50. The Morgan fingerprint density at radius 2 is 2.10 bits per heavy atom. The SMILES string of the molecule is CC(=O)N(Cc1ccco1)c1nc2cc(C)c(C)cc2s1. The lowest BCUT2D eigenvalue weighted by atomic mass is 10.1. The van der Waals surface area contributed by atoms with Crippen molar-refractivity contribution in [3.05, 3.63) is 47.4 Å². The first-order chi connectivity index (χ1) is 10.0. The summed E-state index contributed by atoms with van der Waals surface area (Å²) in [6.45, 7) is 6.10. The van der Waals surface area contributed by atoms with Crippen molar-refractivity contribution in [1.82, 2.24) is 4.98 Å². The number of fused-ring (bicyclic) bond motifs is 1. The number of nitrogens with zero attached hydrogens (tertiary/aromatic N) is 2. The Bertz CT molecular complexity index is 751. The summed E-state index contributed by atoms with van der Waals surface area (Å²) in [7, 11) is 0. The van der Waals surface area contributed by atoms with E-state index in [2.05, 4.69) is 31.0 Å². The summed E-state index contributed by atoms with van der Waals surface area (Å²) in [4.78, 5) is 18.2. The number of thiazole rings is 1. The molecule has 108 valence electrons.